The first-order chi connectivity index (χ1) is 11.0. The van der Waals surface area contributed by atoms with Crippen molar-refractivity contribution in [2.75, 3.05) is 6.54 Å². The molecule has 0 aliphatic heterocycles. The van der Waals surface area contributed by atoms with Crippen molar-refractivity contribution in [2.24, 2.45) is 0 Å². The van der Waals surface area contributed by atoms with Crippen molar-refractivity contribution in [1.82, 2.24) is 5.32 Å². The zero-order valence-corrected chi connectivity index (χ0v) is 15.8. The molecule has 0 atom stereocenters. The first-order valence-electron chi connectivity index (χ1n) is 7.87. The molecule has 0 radical (unpaired) electrons. The van der Waals surface area contributed by atoms with E-state index < -0.39 is 6.09 Å². The molecule has 23 heavy (non-hydrogen) atoms. The highest BCUT2D eigenvalue weighted by molar-refractivity contribution is 6.08. The monoisotopic (exact) mass is 329 g/mol. The number of phenolic OH excluding ortho intramolecular Hbond substituents is 1. The van der Waals surface area contributed by atoms with Gasteiger partial charge < -0.3 is 15.2 Å². The van der Waals surface area contributed by atoms with Crippen molar-refractivity contribution in [3.05, 3.63) is 47.5 Å². The van der Waals surface area contributed by atoms with Crippen molar-refractivity contribution in [3.8, 4) is 22.6 Å². The maximum absolute atomic E-state index is 11.8. The van der Waals surface area contributed by atoms with Crippen molar-refractivity contribution in [2.45, 2.75) is 26.3 Å². The number of rotatable bonds is 5. The summed E-state index contributed by atoms with van der Waals surface area (Å²) >= 11 is 0. The van der Waals surface area contributed by atoms with Gasteiger partial charge in [0, 0.05) is 16.8 Å². The summed E-state index contributed by atoms with van der Waals surface area (Å²) in [6, 6.07) is 12.4. The van der Waals surface area contributed by atoms with Crippen LogP contribution in [0.4, 0.5) is 4.79 Å². The molecule has 0 aliphatic rings. The number of benzene rings is 2. The normalized spacial score (nSPS) is 10.5. The molecule has 0 aromatic heterocycles. The van der Waals surface area contributed by atoms with Crippen molar-refractivity contribution >= 4 is 16.3 Å². The topological polar surface area (TPSA) is 58.6 Å². The fourth-order valence-electron chi connectivity index (χ4n) is 2.18. The molecule has 2 rings (SSSR count). The number of aryl methyl sites for hydroxylation is 2. The van der Waals surface area contributed by atoms with Crippen LogP contribution in [0.15, 0.2) is 36.4 Å². The van der Waals surface area contributed by atoms with Crippen LogP contribution in [-0.2, 0) is 0 Å². The van der Waals surface area contributed by atoms with Gasteiger partial charge >= 0.3 is 6.09 Å². The average molecular weight is 329 g/mol. The molecule has 1 amide bonds. The second kappa shape index (κ2) is 7.83. The van der Waals surface area contributed by atoms with Gasteiger partial charge in [0.2, 0.25) is 0 Å². The van der Waals surface area contributed by atoms with E-state index in [4.69, 9.17) is 4.74 Å². The Bertz CT molecular complexity index is 701. The van der Waals surface area contributed by atoms with Crippen LogP contribution in [-0.4, -0.2) is 28.0 Å². The first-order valence-corrected chi connectivity index (χ1v) is 9.29. The molecular formula is C18H23NO3Si. The van der Waals surface area contributed by atoms with E-state index in [1.54, 1.807) is 6.07 Å². The maximum atomic E-state index is 11.8. The molecule has 0 heterocycles. The smallest absolute Gasteiger partial charge is 0.412 e. The lowest BCUT2D eigenvalue weighted by atomic mass is 10.0. The van der Waals surface area contributed by atoms with Crippen molar-refractivity contribution in [1.29, 1.82) is 0 Å². The highest BCUT2D eigenvalue weighted by atomic mass is 28.1. The summed E-state index contributed by atoms with van der Waals surface area (Å²) in [6.07, 6.45) is 0.565. The highest BCUT2D eigenvalue weighted by Crippen LogP contribution is 2.30. The Labute approximate surface area is 139 Å². The van der Waals surface area contributed by atoms with Crippen LogP contribution in [0.5, 0.6) is 11.5 Å². The minimum absolute atomic E-state index is 0.256. The number of phenols is 1. The number of carbonyl (C=O) groups excluding carboxylic acids is 1. The molecule has 122 valence electrons. The SMILES string of the molecule is Cc1ccc(-c2ccc(C)c(OC(=O)NCCC[SiH3])c2)cc1O. The fourth-order valence-corrected chi connectivity index (χ4v) is 2.54. The van der Waals surface area contributed by atoms with Gasteiger partial charge in [-0.05, 0) is 54.7 Å². The molecule has 0 spiro atoms. The summed E-state index contributed by atoms with van der Waals surface area (Å²) in [5, 5.41) is 12.6. The number of nitrogens with one attached hydrogen (secondary N) is 1. The minimum atomic E-state index is -0.424. The van der Waals surface area contributed by atoms with Gasteiger partial charge in [-0.25, -0.2) is 4.79 Å². The summed E-state index contributed by atoms with van der Waals surface area (Å²) in [5.41, 5.74) is 3.50. The van der Waals surface area contributed by atoms with E-state index >= 15 is 0 Å². The quantitative estimate of drug-likeness (QED) is 0.655. The standard InChI is InChI=1S/C18H23NO3Si/c1-12-4-6-14(10-16(12)20)15-7-5-13(2)17(11-15)22-18(21)19-8-3-9-23/h4-7,10-11,20H,3,8-9H2,1-2,23H3,(H,19,21). The number of ether oxygens (including phenoxy) is 1. The molecular weight excluding hydrogens is 306 g/mol. The third-order valence-corrected chi connectivity index (χ3v) is 4.44. The fraction of sp³-hybridized carbons (Fsp3) is 0.278. The van der Waals surface area contributed by atoms with Gasteiger partial charge in [0.05, 0.1) is 0 Å². The lowest BCUT2D eigenvalue weighted by Crippen LogP contribution is -2.27. The summed E-state index contributed by atoms with van der Waals surface area (Å²) in [5.74, 6) is 0.789. The van der Waals surface area contributed by atoms with Crippen LogP contribution in [0.3, 0.4) is 0 Å². The molecule has 0 aliphatic carbocycles. The van der Waals surface area contributed by atoms with Gasteiger partial charge in [-0.15, -0.1) is 0 Å². The molecule has 2 aromatic rings. The van der Waals surface area contributed by atoms with Crippen LogP contribution in [0.1, 0.15) is 17.5 Å². The third-order valence-electron chi connectivity index (χ3n) is 3.73. The first kappa shape index (κ1) is 17.1. The molecule has 0 saturated heterocycles. The number of hydrogen-bond acceptors (Lipinski definition) is 3. The van der Waals surface area contributed by atoms with Crippen LogP contribution in [0, 0.1) is 13.8 Å². The Morgan fingerprint density at radius 1 is 1.13 bits per heavy atom. The molecule has 2 aromatic carbocycles. The molecule has 5 heteroatoms. The van der Waals surface area contributed by atoms with E-state index in [1.165, 1.54) is 0 Å². The van der Waals surface area contributed by atoms with E-state index in [9.17, 15) is 9.90 Å². The zero-order valence-electron chi connectivity index (χ0n) is 13.8. The second-order valence-corrected chi connectivity index (χ2v) is 6.65. The van der Waals surface area contributed by atoms with Gasteiger partial charge in [-0.1, -0.05) is 30.3 Å². The second-order valence-electron chi connectivity index (χ2n) is 5.65. The lowest BCUT2D eigenvalue weighted by Gasteiger charge is -2.11. The van der Waals surface area contributed by atoms with Crippen LogP contribution in [0.25, 0.3) is 11.1 Å². The number of carbonyl (C=O) groups is 1. The van der Waals surface area contributed by atoms with Crippen molar-refractivity contribution < 1.29 is 14.6 Å². The van der Waals surface area contributed by atoms with Gasteiger partial charge in [0.1, 0.15) is 11.5 Å². The van der Waals surface area contributed by atoms with E-state index in [0.717, 1.165) is 45.0 Å². The largest absolute Gasteiger partial charge is 0.508 e. The van der Waals surface area contributed by atoms with Crippen molar-refractivity contribution in [3.63, 3.8) is 0 Å². The van der Waals surface area contributed by atoms with Gasteiger partial charge in [-0.3, -0.25) is 0 Å². The molecule has 0 fully saturated rings. The Morgan fingerprint density at radius 2 is 1.78 bits per heavy atom. The maximum Gasteiger partial charge on any atom is 0.412 e. The van der Waals surface area contributed by atoms with Gasteiger partial charge in [0.15, 0.2) is 0 Å². The third kappa shape index (κ3) is 4.60. The van der Waals surface area contributed by atoms with Crippen LogP contribution < -0.4 is 10.1 Å². The summed E-state index contributed by atoms with van der Waals surface area (Å²) in [4.78, 5) is 11.8. The summed E-state index contributed by atoms with van der Waals surface area (Å²) in [7, 11) is 1.15. The molecule has 2 N–H and O–H groups in total. The molecule has 4 nitrogen and oxygen atoms in total. The predicted molar refractivity (Wildman–Crippen MR) is 96.4 cm³/mol. The Morgan fingerprint density at radius 3 is 2.43 bits per heavy atom. The van der Waals surface area contributed by atoms with Gasteiger partial charge in [-0.2, -0.15) is 0 Å². The number of hydrogen-bond donors (Lipinski definition) is 2. The summed E-state index contributed by atoms with van der Waals surface area (Å²) < 4.78 is 5.41. The Kier molecular flexibility index (Phi) is 5.82. The minimum Gasteiger partial charge on any atom is -0.508 e. The predicted octanol–water partition coefficient (Wildman–Crippen LogP) is 2.94. The van der Waals surface area contributed by atoms with E-state index in [1.807, 2.05) is 44.2 Å². The average Bonchev–Trinajstić information content (AvgIpc) is 2.52. The zero-order chi connectivity index (χ0) is 16.8. The van der Waals surface area contributed by atoms with Crippen LogP contribution in [0.2, 0.25) is 6.04 Å². The van der Waals surface area contributed by atoms with E-state index in [2.05, 4.69) is 5.32 Å². The van der Waals surface area contributed by atoms with Gasteiger partial charge in [0.25, 0.3) is 0 Å². The van der Waals surface area contributed by atoms with Crippen LogP contribution >= 0.6 is 0 Å². The lowest BCUT2D eigenvalue weighted by molar-refractivity contribution is 0.200. The molecule has 0 bridgehead atoms. The molecule has 0 saturated carbocycles. The Hall–Kier alpha value is -2.27. The number of amides is 1. The number of aromatic hydroxyl groups is 1. The van der Waals surface area contributed by atoms with E-state index in [0.29, 0.717) is 12.3 Å². The van der Waals surface area contributed by atoms with E-state index in [-0.39, 0.29) is 5.75 Å². The highest BCUT2D eigenvalue weighted by Gasteiger charge is 2.09. The Balaban J connectivity index is 2.18. The summed E-state index contributed by atoms with van der Waals surface area (Å²) in [6.45, 7) is 4.40. The molecule has 0 unspecified atom stereocenters.